The number of amides is 2. The van der Waals surface area contributed by atoms with Gasteiger partial charge < -0.3 is 14.5 Å². The van der Waals surface area contributed by atoms with E-state index < -0.39 is 0 Å². The highest BCUT2D eigenvalue weighted by molar-refractivity contribution is 5.86. The summed E-state index contributed by atoms with van der Waals surface area (Å²) in [7, 11) is 1.66. The summed E-state index contributed by atoms with van der Waals surface area (Å²) in [6.45, 7) is 2.78. The van der Waals surface area contributed by atoms with Crippen LogP contribution in [-0.2, 0) is 16.1 Å². The molecule has 3 aliphatic rings. The molecule has 1 saturated carbocycles. The molecule has 2 heterocycles. The topological polar surface area (TPSA) is 49.9 Å². The van der Waals surface area contributed by atoms with Gasteiger partial charge in [-0.25, -0.2) is 0 Å². The van der Waals surface area contributed by atoms with Crippen LogP contribution in [0.2, 0.25) is 0 Å². The molecule has 2 amide bonds. The van der Waals surface area contributed by atoms with Crippen molar-refractivity contribution in [1.29, 1.82) is 0 Å². The zero-order valence-corrected chi connectivity index (χ0v) is 17.0. The van der Waals surface area contributed by atoms with E-state index in [0.29, 0.717) is 25.4 Å². The minimum atomic E-state index is -0.359. The van der Waals surface area contributed by atoms with E-state index in [1.54, 1.807) is 7.11 Å². The van der Waals surface area contributed by atoms with E-state index in [2.05, 4.69) is 0 Å². The lowest BCUT2D eigenvalue weighted by atomic mass is 9.78. The van der Waals surface area contributed by atoms with Crippen LogP contribution < -0.4 is 4.74 Å². The molecular formula is C23H32N2O3. The van der Waals surface area contributed by atoms with Gasteiger partial charge in [-0.2, -0.15) is 0 Å². The van der Waals surface area contributed by atoms with Gasteiger partial charge in [0, 0.05) is 32.6 Å². The van der Waals surface area contributed by atoms with E-state index in [4.69, 9.17) is 4.74 Å². The number of likely N-dealkylation sites (tertiary alicyclic amines) is 2. The van der Waals surface area contributed by atoms with Gasteiger partial charge >= 0.3 is 0 Å². The average Bonchev–Trinajstić information content (AvgIpc) is 3.36. The first-order valence-electron chi connectivity index (χ1n) is 10.8. The third-order valence-electron chi connectivity index (χ3n) is 6.98. The highest BCUT2D eigenvalue weighted by atomic mass is 16.5. The Morgan fingerprint density at radius 2 is 2.00 bits per heavy atom. The Labute approximate surface area is 168 Å². The first-order valence-corrected chi connectivity index (χ1v) is 10.8. The van der Waals surface area contributed by atoms with Gasteiger partial charge in [-0.05, 0) is 55.7 Å². The number of benzene rings is 1. The van der Waals surface area contributed by atoms with E-state index in [1.807, 2.05) is 34.1 Å². The van der Waals surface area contributed by atoms with Crippen LogP contribution in [0.25, 0.3) is 0 Å². The van der Waals surface area contributed by atoms with Crippen molar-refractivity contribution in [3.8, 4) is 5.75 Å². The van der Waals surface area contributed by atoms with E-state index in [0.717, 1.165) is 43.7 Å². The van der Waals surface area contributed by atoms with Gasteiger partial charge in [-0.3, -0.25) is 9.59 Å². The molecule has 1 spiro atoms. The molecule has 5 heteroatoms. The number of piperidine rings is 1. The van der Waals surface area contributed by atoms with Crippen molar-refractivity contribution in [1.82, 2.24) is 9.80 Å². The lowest BCUT2D eigenvalue weighted by Crippen LogP contribution is -2.50. The number of carbonyl (C=O) groups is 2. The molecule has 0 aromatic heterocycles. The molecule has 28 heavy (non-hydrogen) atoms. The summed E-state index contributed by atoms with van der Waals surface area (Å²) in [5, 5.41) is 0. The van der Waals surface area contributed by atoms with Gasteiger partial charge in [0.05, 0.1) is 12.5 Å². The smallest absolute Gasteiger partial charge is 0.230 e. The number of hydrogen-bond acceptors (Lipinski definition) is 3. The van der Waals surface area contributed by atoms with E-state index in [1.165, 1.54) is 25.7 Å². The van der Waals surface area contributed by atoms with Gasteiger partial charge in [-0.15, -0.1) is 0 Å². The number of nitrogens with zero attached hydrogens (tertiary/aromatic N) is 2. The fraction of sp³-hybridized carbons (Fsp3) is 0.652. The molecule has 3 fully saturated rings. The quantitative estimate of drug-likeness (QED) is 0.779. The van der Waals surface area contributed by atoms with E-state index in [9.17, 15) is 9.59 Å². The van der Waals surface area contributed by atoms with Crippen LogP contribution in [0.5, 0.6) is 5.75 Å². The summed E-state index contributed by atoms with van der Waals surface area (Å²) in [6.07, 6.45) is 8.33. The minimum Gasteiger partial charge on any atom is -0.497 e. The molecule has 4 rings (SSSR count). The first-order chi connectivity index (χ1) is 13.6. The molecule has 0 radical (unpaired) electrons. The van der Waals surface area contributed by atoms with Crippen molar-refractivity contribution >= 4 is 11.8 Å². The predicted molar refractivity (Wildman–Crippen MR) is 108 cm³/mol. The van der Waals surface area contributed by atoms with Crippen molar-refractivity contribution in [3.63, 3.8) is 0 Å². The number of rotatable bonds is 5. The summed E-state index contributed by atoms with van der Waals surface area (Å²) in [6, 6.07) is 7.94. The summed E-state index contributed by atoms with van der Waals surface area (Å²) in [5.74, 6) is 1.89. The lowest BCUT2D eigenvalue weighted by molar-refractivity contribution is -0.146. The van der Waals surface area contributed by atoms with Gasteiger partial charge in [0.15, 0.2) is 0 Å². The molecule has 1 aliphatic carbocycles. The number of hydrogen-bond donors (Lipinski definition) is 0. The van der Waals surface area contributed by atoms with Crippen molar-refractivity contribution in [2.24, 2.45) is 11.3 Å². The normalized spacial score (nSPS) is 25.7. The van der Waals surface area contributed by atoms with Gasteiger partial charge in [0.1, 0.15) is 5.75 Å². The Kier molecular flexibility index (Phi) is 5.61. The first kappa shape index (κ1) is 19.3. The molecule has 1 unspecified atom stereocenters. The molecule has 152 valence electrons. The third kappa shape index (κ3) is 3.89. The molecule has 1 atom stereocenters. The predicted octanol–water partition coefficient (Wildman–Crippen LogP) is 3.62. The molecular weight excluding hydrogens is 352 g/mol. The van der Waals surface area contributed by atoms with Crippen molar-refractivity contribution < 1.29 is 14.3 Å². The van der Waals surface area contributed by atoms with Crippen molar-refractivity contribution in [2.75, 3.05) is 26.7 Å². The third-order valence-corrected chi connectivity index (χ3v) is 6.98. The zero-order valence-electron chi connectivity index (χ0n) is 17.0. The maximum Gasteiger partial charge on any atom is 0.230 e. The number of ether oxygens (including phenoxy) is 1. The largest absolute Gasteiger partial charge is 0.497 e. The van der Waals surface area contributed by atoms with Crippen LogP contribution in [0.3, 0.4) is 0 Å². The van der Waals surface area contributed by atoms with Crippen LogP contribution >= 0.6 is 0 Å². The highest BCUT2D eigenvalue weighted by Gasteiger charge is 2.49. The fourth-order valence-corrected chi connectivity index (χ4v) is 5.35. The molecule has 1 aromatic carbocycles. The van der Waals surface area contributed by atoms with E-state index >= 15 is 0 Å². The molecule has 1 aromatic rings. The summed E-state index contributed by atoms with van der Waals surface area (Å²) < 4.78 is 5.31. The Morgan fingerprint density at radius 1 is 1.18 bits per heavy atom. The van der Waals surface area contributed by atoms with Crippen LogP contribution in [0.15, 0.2) is 24.3 Å². The Balaban J connectivity index is 1.40. The molecule has 5 nitrogen and oxygen atoms in total. The summed E-state index contributed by atoms with van der Waals surface area (Å²) in [5.41, 5.74) is 0.736. The Morgan fingerprint density at radius 3 is 2.79 bits per heavy atom. The van der Waals surface area contributed by atoms with Gasteiger partial charge in [0.25, 0.3) is 0 Å². The molecule has 0 bridgehead atoms. The average molecular weight is 385 g/mol. The van der Waals surface area contributed by atoms with Crippen LogP contribution in [0.4, 0.5) is 0 Å². The summed E-state index contributed by atoms with van der Waals surface area (Å²) in [4.78, 5) is 30.1. The summed E-state index contributed by atoms with van der Waals surface area (Å²) >= 11 is 0. The maximum absolute atomic E-state index is 13.4. The monoisotopic (exact) mass is 384 g/mol. The fourth-order valence-electron chi connectivity index (χ4n) is 5.35. The molecule has 2 aliphatic heterocycles. The molecule has 0 N–H and O–H groups in total. The zero-order chi connectivity index (χ0) is 19.6. The highest BCUT2D eigenvalue weighted by Crippen LogP contribution is 2.41. The second kappa shape index (κ2) is 8.14. The second-order valence-electron chi connectivity index (χ2n) is 8.88. The van der Waals surface area contributed by atoms with Gasteiger partial charge in [0.2, 0.25) is 11.8 Å². The van der Waals surface area contributed by atoms with Crippen LogP contribution in [0, 0.1) is 11.3 Å². The maximum atomic E-state index is 13.4. The molecule has 2 saturated heterocycles. The SMILES string of the molecule is COc1cccc(CN2CCCC3(CCN(C(=O)CC4CCCC4)C3)C2=O)c1. The number of carbonyl (C=O) groups excluding carboxylic acids is 2. The van der Waals surface area contributed by atoms with Gasteiger partial charge in [-0.1, -0.05) is 25.0 Å². The van der Waals surface area contributed by atoms with E-state index in [-0.39, 0.29) is 17.2 Å². The second-order valence-corrected chi connectivity index (χ2v) is 8.88. The van der Waals surface area contributed by atoms with Crippen LogP contribution in [-0.4, -0.2) is 48.4 Å². The number of methoxy groups -OCH3 is 1. The minimum absolute atomic E-state index is 0.234. The van der Waals surface area contributed by atoms with Crippen molar-refractivity contribution in [3.05, 3.63) is 29.8 Å². The Hall–Kier alpha value is -2.04. The van der Waals surface area contributed by atoms with Crippen molar-refractivity contribution in [2.45, 2.75) is 57.9 Å². The standard InChI is InChI=1S/C23H32N2O3/c1-28-20-9-4-8-19(14-20)16-24-12-5-10-23(22(24)27)11-13-25(17-23)21(26)15-18-6-2-3-7-18/h4,8-9,14,18H,2-3,5-7,10-13,15-17H2,1H3. The lowest BCUT2D eigenvalue weighted by Gasteiger charge is -2.39. The van der Waals surface area contributed by atoms with Crippen LogP contribution in [0.1, 0.15) is 56.9 Å². The Bertz CT molecular complexity index is 728.